The molecule has 0 bridgehead atoms. The van der Waals surface area contributed by atoms with Crippen LogP contribution in [0.5, 0.6) is 0 Å². The van der Waals surface area contributed by atoms with E-state index in [1.807, 2.05) is 0 Å². The first-order valence-electron chi connectivity index (χ1n) is 6.59. The Labute approximate surface area is 99.3 Å². The second kappa shape index (κ2) is 3.72. The normalized spacial score (nSPS) is 38.6. The van der Waals surface area contributed by atoms with E-state index in [1.54, 1.807) is 0 Å². The van der Waals surface area contributed by atoms with Crippen LogP contribution >= 0.6 is 0 Å². The van der Waals surface area contributed by atoms with Gasteiger partial charge in [-0.3, -0.25) is 4.79 Å². The Balaban J connectivity index is 2.37. The fourth-order valence-corrected chi connectivity index (χ4v) is 3.73. The van der Waals surface area contributed by atoms with Gasteiger partial charge in [-0.25, -0.2) is 0 Å². The molecular formula is C15H24O. The lowest BCUT2D eigenvalue weighted by molar-refractivity contribution is -0.146. The molecule has 0 radical (unpaired) electrons. The quantitative estimate of drug-likeness (QED) is 0.561. The lowest BCUT2D eigenvalue weighted by Gasteiger charge is -2.48. The summed E-state index contributed by atoms with van der Waals surface area (Å²) in [6.07, 6.45) is 7.83. The van der Waals surface area contributed by atoms with E-state index in [-0.39, 0.29) is 10.8 Å². The van der Waals surface area contributed by atoms with E-state index >= 15 is 0 Å². The predicted molar refractivity (Wildman–Crippen MR) is 67.2 cm³/mol. The van der Waals surface area contributed by atoms with E-state index in [9.17, 15) is 4.79 Å². The minimum absolute atomic E-state index is 0.0272. The topological polar surface area (TPSA) is 17.1 Å². The highest BCUT2D eigenvalue weighted by Gasteiger charge is 2.51. The Bertz CT molecular complexity index is 337. The van der Waals surface area contributed by atoms with Crippen LogP contribution in [-0.4, -0.2) is 5.78 Å². The van der Waals surface area contributed by atoms with Gasteiger partial charge < -0.3 is 0 Å². The summed E-state index contributed by atoms with van der Waals surface area (Å²) in [4.78, 5) is 12.8. The molecule has 0 aromatic heterocycles. The van der Waals surface area contributed by atoms with Crippen molar-refractivity contribution in [3.8, 4) is 0 Å². The highest BCUT2D eigenvalue weighted by molar-refractivity contribution is 5.91. The predicted octanol–water partition coefficient (Wildman–Crippen LogP) is 4.13. The Morgan fingerprint density at radius 2 is 2.00 bits per heavy atom. The fraction of sp³-hybridized carbons (Fsp3) is 0.800. The summed E-state index contributed by atoms with van der Waals surface area (Å²) in [6, 6.07) is 0. The molecule has 2 atom stereocenters. The van der Waals surface area contributed by atoms with E-state index in [2.05, 4.69) is 33.8 Å². The number of ketones is 1. The summed E-state index contributed by atoms with van der Waals surface area (Å²) in [5.41, 5.74) is 1.30. The second-order valence-corrected chi connectivity index (χ2v) is 6.59. The number of rotatable bonds is 0. The Morgan fingerprint density at radius 3 is 2.69 bits per heavy atom. The molecule has 1 nitrogen and oxygen atoms in total. The second-order valence-electron chi connectivity index (χ2n) is 6.59. The van der Waals surface area contributed by atoms with Crippen LogP contribution < -0.4 is 0 Å². The summed E-state index contributed by atoms with van der Waals surface area (Å²) in [5.74, 6) is 1.06. The molecule has 0 N–H and O–H groups in total. The molecule has 0 saturated heterocycles. The first-order valence-corrected chi connectivity index (χ1v) is 6.59. The fourth-order valence-electron chi connectivity index (χ4n) is 3.73. The minimum Gasteiger partial charge on any atom is -0.298 e. The highest BCUT2D eigenvalue weighted by atomic mass is 16.1. The van der Waals surface area contributed by atoms with Gasteiger partial charge in [0, 0.05) is 10.8 Å². The van der Waals surface area contributed by atoms with Crippen molar-refractivity contribution in [3.63, 3.8) is 0 Å². The van der Waals surface area contributed by atoms with Crippen LogP contribution in [0, 0.1) is 16.7 Å². The van der Waals surface area contributed by atoms with Crippen molar-refractivity contribution in [1.29, 1.82) is 0 Å². The smallest absolute Gasteiger partial charge is 0.145 e. The van der Waals surface area contributed by atoms with E-state index in [4.69, 9.17) is 0 Å². The van der Waals surface area contributed by atoms with Crippen LogP contribution in [0.3, 0.4) is 0 Å². The van der Waals surface area contributed by atoms with Gasteiger partial charge in [0.15, 0.2) is 0 Å². The van der Waals surface area contributed by atoms with Gasteiger partial charge in [0.2, 0.25) is 0 Å². The number of Topliss-reactive ketones (excluding diaryl/α,β-unsaturated/α-hetero) is 1. The standard InChI is InChI=1S/C15H24O/c1-11-6-7-12(2)15(10-11)9-5-8-14(3,4)13(15)16/h6,12H,5,7-10H2,1-4H3. The van der Waals surface area contributed by atoms with Crippen LogP contribution in [0.1, 0.15) is 59.8 Å². The van der Waals surface area contributed by atoms with Crippen LogP contribution in [0.2, 0.25) is 0 Å². The number of carbonyl (C=O) groups is 1. The molecule has 2 aliphatic carbocycles. The van der Waals surface area contributed by atoms with Gasteiger partial charge in [-0.2, -0.15) is 0 Å². The lowest BCUT2D eigenvalue weighted by Crippen LogP contribution is -2.49. The first kappa shape index (κ1) is 11.9. The average molecular weight is 220 g/mol. The molecule has 90 valence electrons. The van der Waals surface area contributed by atoms with E-state index in [1.165, 1.54) is 12.0 Å². The van der Waals surface area contributed by atoms with Crippen LogP contribution in [0.15, 0.2) is 11.6 Å². The third-order valence-electron chi connectivity index (χ3n) is 4.85. The molecule has 1 fully saturated rings. The lowest BCUT2D eigenvalue weighted by atomic mass is 9.54. The molecule has 0 aromatic carbocycles. The van der Waals surface area contributed by atoms with Gasteiger partial charge in [-0.05, 0) is 38.5 Å². The maximum absolute atomic E-state index is 12.8. The van der Waals surface area contributed by atoms with Crippen molar-refractivity contribution >= 4 is 5.78 Å². The van der Waals surface area contributed by atoms with E-state index < -0.39 is 0 Å². The number of allylic oxidation sites excluding steroid dienone is 2. The molecule has 2 aliphatic rings. The number of carbonyl (C=O) groups excluding carboxylic acids is 1. The molecule has 0 aliphatic heterocycles. The molecule has 0 amide bonds. The van der Waals surface area contributed by atoms with Gasteiger partial charge in [0.05, 0.1) is 0 Å². The average Bonchev–Trinajstić information content (AvgIpc) is 2.20. The Hall–Kier alpha value is -0.590. The summed E-state index contributed by atoms with van der Waals surface area (Å²) in [5, 5.41) is 0. The molecule has 0 aromatic rings. The SMILES string of the molecule is CC1=CCC(C)C2(CCCC(C)(C)C2=O)C1. The Kier molecular flexibility index (Phi) is 2.76. The molecule has 1 heteroatoms. The third-order valence-corrected chi connectivity index (χ3v) is 4.85. The summed E-state index contributed by atoms with van der Waals surface area (Å²) in [6.45, 7) is 8.72. The maximum atomic E-state index is 12.8. The number of hydrogen-bond donors (Lipinski definition) is 0. The van der Waals surface area contributed by atoms with Crippen molar-refractivity contribution in [2.75, 3.05) is 0 Å². The van der Waals surface area contributed by atoms with Crippen LogP contribution in [0.25, 0.3) is 0 Å². The monoisotopic (exact) mass is 220 g/mol. The van der Waals surface area contributed by atoms with Gasteiger partial charge in [-0.1, -0.05) is 38.8 Å². The zero-order valence-corrected chi connectivity index (χ0v) is 11.1. The first-order chi connectivity index (χ1) is 7.38. The summed E-state index contributed by atoms with van der Waals surface area (Å²) >= 11 is 0. The molecular weight excluding hydrogens is 196 g/mol. The van der Waals surface area contributed by atoms with Gasteiger partial charge in [-0.15, -0.1) is 0 Å². The molecule has 1 saturated carbocycles. The maximum Gasteiger partial charge on any atom is 0.145 e. The zero-order valence-electron chi connectivity index (χ0n) is 11.1. The molecule has 2 rings (SSSR count). The van der Waals surface area contributed by atoms with Crippen molar-refractivity contribution in [2.45, 2.75) is 59.8 Å². The van der Waals surface area contributed by atoms with Crippen molar-refractivity contribution < 1.29 is 4.79 Å². The summed E-state index contributed by atoms with van der Waals surface area (Å²) in [7, 11) is 0. The van der Waals surface area contributed by atoms with Crippen molar-refractivity contribution in [1.82, 2.24) is 0 Å². The van der Waals surface area contributed by atoms with E-state index in [0.29, 0.717) is 11.7 Å². The zero-order chi connectivity index (χ0) is 12.0. The highest BCUT2D eigenvalue weighted by Crippen LogP contribution is 2.53. The molecule has 1 spiro atoms. The van der Waals surface area contributed by atoms with Crippen molar-refractivity contribution in [3.05, 3.63) is 11.6 Å². The van der Waals surface area contributed by atoms with Gasteiger partial charge in [0.1, 0.15) is 5.78 Å². The van der Waals surface area contributed by atoms with Gasteiger partial charge >= 0.3 is 0 Å². The molecule has 16 heavy (non-hydrogen) atoms. The van der Waals surface area contributed by atoms with Crippen LogP contribution in [-0.2, 0) is 4.79 Å². The summed E-state index contributed by atoms with van der Waals surface area (Å²) < 4.78 is 0. The number of hydrogen-bond acceptors (Lipinski definition) is 1. The molecule has 0 heterocycles. The third kappa shape index (κ3) is 1.65. The molecule has 2 unspecified atom stereocenters. The van der Waals surface area contributed by atoms with Crippen molar-refractivity contribution in [2.24, 2.45) is 16.7 Å². The van der Waals surface area contributed by atoms with E-state index in [0.717, 1.165) is 25.7 Å². The minimum atomic E-state index is -0.0931. The Morgan fingerprint density at radius 1 is 1.31 bits per heavy atom. The van der Waals surface area contributed by atoms with Gasteiger partial charge in [0.25, 0.3) is 0 Å². The van der Waals surface area contributed by atoms with Crippen LogP contribution in [0.4, 0.5) is 0 Å². The largest absolute Gasteiger partial charge is 0.298 e.